The first kappa shape index (κ1) is 15.7. The molecule has 1 aromatic heterocycles. The summed E-state index contributed by atoms with van der Waals surface area (Å²) in [4.78, 5) is 0. The first-order valence-corrected chi connectivity index (χ1v) is 1.19. The zero-order valence-electron chi connectivity index (χ0n) is 3.03. The zero-order chi connectivity index (χ0) is 3.54. The van der Waals surface area contributed by atoms with Gasteiger partial charge in [0.2, 0.25) is 12.8 Å². The van der Waals surface area contributed by atoms with Gasteiger partial charge in [-0.3, -0.25) is 0 Å². The molecular formula is C4H10BN2O. The van der Waals surface area contributed by atoms with Gasteiger partial charge in [-0.05, 0) is 0 Å². The molecule has 0 saturated carbocycles. The van der Waals surface area contributed by atoms with E-state index in [1.807, 2.05) is 0 Å². The van der Waals surface area contributed by atoms with Gasteiger partial charge in [0.1, 0.15) is 0 Å². The summed E-state index contributed by atoms with van der Waals surface area (Å²) in [6, 6.07) is 0. The lowest BCUT2D eigenvalue weighted by atomic mass is 10.8. The fraction of sp³-hybridized carbons (Fsp3) is 0.500. The minimum absolute atomic E-state index is 0. The van der Waals surface area contributed by atoms with Crippen molar-refractivity contribution in [1.29, 1.82) is 0 Å². The molecule has 0 atom stereocenters. The van der Waals surface area contributed by atoms with Crippen molar-refractivity contribution in [3.05, 3.63) is 12.8 Å². The Morgan fingerprint density at radius 2 is 1.38 bits per heavy atom. The maximum absolute atomic E-state index is 4.36. The van der Waals surface area contributed by atoms with Crippen LogP contribution in [0.5, 0.6) is 0 Å². The molecule has 0 aliphatic rings. The van der Waals surface area contributed by atoms with E-state index < -0.39 is 0 Å². The highest BCUT2D eigenvalue weighted by molar-refractivity contribution is 5.75. The predicted octanol–water partition coefficient (Wildman–Crippen LogP) is 0.961. The van der Waals surface area contributed by atoms with Crippen molar-refractivity contribution < 1.29 is 4.42 Å². The highest BCUT2D eigenvalue weighted by atomic mass is 16.3. The van der Waals surface area contributed by atoms with Gasteiger partial charge in [0.15, 0.2) is 0 Å². The van der Waals surface area contributed by atoms with Gasteiger partial charge in [0.05, 0.1) is 0 Å². The molecule has 1 rings (SSSR count). The van der Waals surface area contributed by atoms with Gasteiger partial charge in [0, 0.05) is 8.41 Å². The third kappa shape index (κ3) is 5.20. The van der Waals surface area contributed by atoms with Gasteiger partial charge in [-0.25, -0.2) is 0 Å². The highest BCUT2D eigenvalue weighted by Crippen LogP contribution is 1.64. The van der Waals surface area contributed by atoms with Crippen LogP contribution in [-0.4, -0.2) is 18.6 Å². The van der Waals surface area contributed by atoms with E-state index in [0.29, 0.717) is 0 Å². The maximum Gasteiger partial charge on any atom is 0.203 e. The zero-order valence-corrected chi connectivity index (χ0v) is 3.03. The van der Waals surface area contributed by atoms with Crippen LogP contribution >= 0.6 is 0 Å². The molecule has 8 heavy (non-hydrogen) atoms. The Balaban J connectivity index is -0.0000000833. The Morgan fingerprint density at radius 1 is 1.00 bits per heavy atom. The average Bonchev–Trinajstić information content (AvgIpc) is 1.76. The molecule has 4 heteroatoms. The molecule has 0 bridgehead atoms. The van der Waals surface area contributed by atoms with E-state index in [1.54, 1.807) is 0 Å². The standard InChI is InChI=1S/C2H2N2O.2CH4.B/c1-3-4-2-5-1;;;/h1-2H;2*1H4;. The third-order valence-corrected chi connectivity index (χ3v) is 0.283. The number of nitrogens with zero attached hydrogens (tertiary/aromatic N) is 2. The van der Waals surface area contributed by atoms with Gasteiger partial charge in [-0.15, -0.1) is 10.2 Å². The topological polar surface area (TPSA) is 38.9 Å². The lowest BCUT2D eigenvalue weighted by molar-refractivity contribution is 0.553. The molecule has 0 saturated heterocycles. The van der Waals surface area contributed by atoms with Gasteiger partial charge in [-0.2, -0.15) is 0 Å². The second kappa shape index (κ2) is 9.51. The van der Waals surface area contributed by atoms with E-state index in [2.05, 4.69) is 14.6 Å². The number of hydrogen-bond donors (Lipinski definition) is 0. The van der Waals surface area contributed by atoms with Crippen LogP contribution in [0.1, 0.15) is 14.9 Å². The van der Waals surface area contributed by atoms with Crippen molar-refractivity contribution in [1.82, 2.24) is 10.2 Å². The second-order valence-electron chi connectivity index (χ2n) is 0.578. The molecule has 0 aromatic carbocycles. The van der Waals surface area contributed by atoms with Crippen molar-refractivity contribution in [3.63, 3.8) is 0 Å². The van der Waals surface area contributed by atoms with Gasteiger partial charge >= 0.3 is 0 Å². The summed E-state index contributed by atoms with van der Waals surface area (Å²) in [6.07, 6.45) is 2.53. The Hall–Kier alpha value is -0.795. The molecule has 1 heterocycles. The smallest absolute Gasteiger partial charge is 0.203 e. The molecule has 0 N–H and O–H groups in total. The first-order valence-electron chi connectivity index (χ1n) is 1.19. The Bertz CT molecular complexity index is 70.5. The fourth-order valence-electron chi connectivity index (χ4n) is 0.136. The Kier molecular flexibility index (Phi) is 18.6. The lowest BCUT2D eigenvalue weighted by Crippen LogP contribution is -1.53. The van der Waals surface area contributed by atoms with Gasteiger partial charge < -0.3 is 4.42 Å². The predicted molar refractivity (Wildman–Crippen MR) is 33.5 cm³/mol. The van der Waals surface area contributed by atoms with Crippen LogP contribution in [0.4, 0.5) is 0 Å². The number of aromatic nitrogens is 2. The van der Waals surface area contributed by atoms with Gasteiger partial charge in [-0.1, -0.05) is 14.9 Å². The van der Waals surface area contributed by atoms with Crippen molar-refractivity contribution in [3.8, 4) is 0 Å². The summed E-state index contributed by atoms with van der Waals surface area (Å²) >= 11 is 0. The molecule has 0 fully saturated rings. The lowest BCUT2D eigenvalue weighted by Gasteiger charge is -1.44. The quantitative estimate of drug-likeness (QED) is 0.470. The summed E-state index contributed by atoms with van der Waals surface area (Å²) in [5, 5.41) is 6.61. The van der Waals surface area contributed by atoms with Crippen molar-refractivity contribution in [2.24, 2.45) is 0 Å². The van der Waals surface area contributed by atoms with Gasteiger partial charge in [0.25, 0.3) is 0 Å². The molecule has 0 amide bonds. The minimum atomic E-state index is 0. The van der Waals surface area contributed by atoms with Crippen molar-refractivity contribution in [2.45, 2.75) is 14.9 Å². The monoisotopic (exact) mass is 113 g/mol. The van der Waals surface area contributed by atoms with Crippen LogP contribution in [0.3, 0.4) is 0 Å². The molecule has 45 valence electrons. The normalized spacial score (nSPS) is 5.00. The number of rotatable bonds is 0. The highest BCUT2D eigenvalue weighted by Gasteiger charge is 1.60. The third-order valence-electron chi connectivity index (χ3n) is 0.283. The van der Waals surface area contributed by atoms with Crippen LogP contribution in [0.15, 0.2) is 17.2 Å². The average molecular weight is 113 g/mol. The van der Waals surface area contributed by atoms with E-state index in [9.17, 15) is 0 Å². The van der Waals surface area contributed by atoms with Crippen molar-refractivity contribution >= 4 is 8.41 Å². The van der Waals surface area contributed by atoms with Crippen LogP contribution in [0, 0.1) is 0 Å². The molecule has 0 aliphatic heterocycles. The van der Waals surface area contributed by atoms with Crippen LogP contribution in [0.2, 0.25) is 0 Å². The first-order chi connectivity index (χ1) is 2.50. The SMILES string of the molecule is C.C.[B].c1nnco1. The summed E-state index contributed by atoms with van der Waals surface area (Å²) in [6.45, 7) is 0. The molecule has 3 radical (unpaired) electrons. The van der Waals surface area contributed by atoms with Crippen molar-refractivity contribution in [2.75, 3.05) is 0 Å². The molecule has 3 nitrogen and oxygen atoms in total. The maximum atomic E-state index is 4.36. The van der Waals surface area contributed by atoms with E-state index >= 15 is 0 Å². The van der Waals surface area contributed by atoms with E-state index in [-0.39, 0.29) is 23.3 Å². The Morgan fingerprint density at radius 3 is 1.50 bits per heavy atom. The van der Waals surface area contributed by atoms with E-state index in [1.165, 1.54) is 12.8 Å². The Labute approximate surface area is 51.7 Å². The fourth-order valence-corrected chi connectivity index (χ4v) is 0.136. The molecular weight excluding hydrogens is 103 g/mol. The molecule has 1 aromatic rings. The summed E-state index contributed by atoms with van der Waals surface area (Å²) in [5.41, 5.74) is 0. The molecule has 0 spiro atoms. The van der Waals surface area contributed by atoms with Crippen LogP contribution in [-0.2, 0) is 0 Å². The largest absolute Gasteiger partial charge is 0.431 e. The van der Waals surface area contributed by atoms with Crippen LogP contribution in [0.25, 0.3) is 0 Å². The number of hydrogen-bond acceptors (Lipinski definition) is 3. The van der Waals surface area contributed by atoms with E-state index in [4.69, 9.17) is 0 Å². The summed E-state index contributed by atoms with van der Waals surface area (Å²) in [5.74, 6) is 0. The summed E-state index contributed by atoms with van der Waals surface area (Å²) in [7, 11) is 0. The van der Waals surface area contributed by atoms with E-state index in [0.717, 1.165) is 0 Å². The minimum Gasteiger partial charge on any atom is -0.431 e. The van der Waals surface area contributed by atoms with Crippen LogP contribution < -0.4 is 0 Å². The molecule has 0 aliphatic carbocycles. The second-order valence-corrected chi connectivity index (χ2v) is 0.578. The summed E-state index contributed by atoms with van der Waals surface area (Å²) < 4.78 is 4.36. The molecule has 0 unspecified atom stereocenters.